The Bertz CT molecular complexity index is 629. The third-order valence-electron chi connectivity index (χ3n) is 6.72. The highest BCUT2D eigenvalue weighted by molar-refractivity contribution is 5.81. The van der Waals surface area contributed by atoms with Gasteiger partial charge in [-0.3, -0.25) is 9.59 Å². The molecule has 26 heavy (non-hydrogen) atoms. The zero-order chi connectivity index (χ0) is 18.4. The van der Waals surface area contributed by atoms with E-state index in [0.29, 0.717) is 31.2 Å². The summed E-state index contributed by atoms with van der Waals surface area (Å²) in [7, 11) is 0. The highest BCUT2D eigenvalue weighted by Crippen LogP contribution is 2.57. The lowest BCUT2D eigenvalue weighted by Crippen LogP contribution is -2.65. The van der Waals surface area contributed by atoms with Crippen molar-refractivity contribution in [1.82, 2.24) is 10.2 Å². The average Bonchev–Trinajstić information content (AvgIpc) is 3.04. The number of carbonyl (C=O) groups is 2. The number of rotatable bonds is 5. The van der Waals surface area contributed by atoms with Gasteiger partial charge in [-0.25, -0.2) is 0 Å². The number of ether oxygens (including phenoxy) is 1. The summed E-state index contributed by atoms with van der Waals surface area (Å²) in [6.45, 7) is 0.308. The molecule has 4 aliphatic carbocycles. The first-order chi connectivity index (χ1) is 12.4. The van der Waals surface area contributed by atoms with E-state index < -0.39 is 17.6 Å². The van der Waals surface area contributed by atoms with Crippen LogP contribution in [0.2, 0.25) is 0 Å². The quantitative estimate of drug-likeness (QED) is 0.700. The molecule has 3 atom stereocenters. The van der Waals surface area contributed by atoms with Crippen LogP contribution in [0.1, 0.15) is 51.4 Å². The number of amides is 1. The van der Waals surface area contributed by atoms with Crippen molar-refractivity contribution in [3.63, 3.8) is 0 Å². The molecule has 0 aromatic rings. The number of hydrogen-bond acceptors (Lipinski definition) is 6. The fourth-order valence-electron chi connectivity index (χ4n) is 6.16. The summed E-state index contributed by atoms with van der Waals surface area (Å²) in [4.78, 5) is 25.7. The molecule has 0 spiro atoms. The molecule has 2 unspecified atom stereocenters. The monoisotopic (exact) mass is 361 g/mol. The lowest BCUT2D eigenvalue weighted by Gasteiger charge is -2.60. The Morgan fingerprint density at radius 1 is 1.27 bits per heavy atom. The second-order valence-electron chi connectivity index (χ2n) is 8.85. The zero-order valence-electron chi connectivity index (χ0n) is 15.1. The SMILES string of the molecule is N#C[C@@H]1CCCN1C(=O)COC(=O)CNC12CC3CC(CC(O)(C3)C1)C2. The molecular formula is C19H27N3O4. The van der Waals surface area contributed by atoms with Crippen molar-refractivity contribution in [3.05, 3.63) is 0 Å². The summed E-state index contributed by atoms with van der Waals surface area (Å²) in [6, 6.07) is 1.72. The van der Waals surface area contributed by atoms with Crippen molar-refractivity contribution in [3.8, 4) is 6.07 Å². The first-order valence-corrected chi connectivity index (χ1v) is 9.72. The van der Waals surface area contributed by atoms with E-state index >= 15 is 0 Å². The smallest absolute Gasteiger partial charge is 0.320 e. The van der Waals surface area contributed by atoms with Crippen LogP contribution in [0.5, 0.6) is 0 Å². The highest BCUT2D eigenvalue weighted by Gasteiger charge is 2.57. The van der Waals surface area contributed by atoms with E-state index in [9.17, 15) is 14.7 Å². The van der Waals surface area contributed by atoms with Crippen molar-refractivity contribution in [2.24, 2.45) is 11.8 Å². The van der Waals surface area contributed by atoms with Crippen LogP contribution < -0.4 is 5.32 Å². The number of hydrogen-bond donors (Lipinski definition) is 2. The Balaban J connectivity index is 1.26. The van der Waals surface area contributed by atoms with Gasteiger partial charge in [-0.15, -0.1) is 0 Å². The van der Waals surface area contributed by atoms with Crippen LogP contribution in [0.15, 0.2) is 0 Å². The maximum absolute atomic E-state index is 12.1. The number of nitrogens with one attached hydrogen (secondary N) is 1. The van der Waals surface area contributed by atoms with Crippen LogP contribution in [0.3, 0.4) is 0 Å². The van der Waals surface area contributed by atoms with E-state index in [1.807, 2.05) is 0 Å². The molecule has 1 heterocycles. The molecule has 142 valence electrons. The Morgan fingerprint density at radius 3 is 2.65 bits per heavy atom. The molecule has 0 radical (unpaired) electrons. The van der Waals surface area contributed by atoms with Crippen molar-refractivity contribution < 1.29 is 19.4 Å². The molecule has 0 aromatic carbocycles. The molecule has 7 heteroatoms. The van der Waals surface area contributed by atoms with Crippen LogP contribution in [-0.2, 0) is 14.3 Å². The lowest BCUT2D eigenvalue weighted by molar-refractivity contribution is -0.156. The third kappa shape index (κ3) is 3.33. The molecular weight excluding hydrogens is 334 g/mol. The standard InChI is InChI=1S/C19H27N3O4/c20-9-15-2-1-3-22(15)16(23)11-26-17(24)10-21-18-5-13-4-14(6-18)8-19(25,7-13)12-18/h13-15,21,25H,1-8,10-12H2/t13?,14?,15-,18?,19?/m0/s1. The van der Waals surface area contributed by atoms with Crippen LogP contribution in [-0.4, -0.2) is 58.8 Å². The van der Waals surface area contributed by atoms with E-state index in [1.54, 1.807) is 0 Å². The van der Waals surface area contributed by atoms with E-state index in [4.69, 9.17) is 10.00 Å². The van der Waals surface area contributed by atoms with Crippen LogP contribution in [0, 0.1) is 23.2 Å². The second kappa shape index (κ2) is 6.50. The van der Waals surface area contributed by atoms with Gasteiger partial charge in [0.2, 0.25) is 0 Å². The number of carbonyl (C=O) groups excluding carboxylic acids is 2. The average molecular weight is 361 g/mol. The summed E-state index contributed by atoms with van der Waals surface area (Å²) < 4.78 is 5.13. The number of nitrogens with zero attached hydrogens (tertiary/aromatic N) is 2. The number of likely N-dealkylation sites (tertiary alicyclic amines) is 1. The Morgan fingerprint density at radius 2 is 2.00 bits per heavy atom. The fourth-order valence-corrected chi connectivity index (χ4v) is 6.16. The molecule has 0 aromatic heterocycles. The Labute approximate surface area is 153 Å². The van der Waals surface area contributed by atoms with Crippen LogP contribution in [0.25, 0.3) is 0 Å². The fraction of sp³-hybridized carbons (Fsp3) is 0.842. The lowest BCUT2D eigenvalue weighted by atomic mass is 9.51. The molecule has 1 amide bonds. The zero-order valence-corrected chi connectivity index (χ0v) is 15.1. The predicted octanol–water partition coefficient (Wildman–Crippen LogP) is 0.717. The first-order valence-electron chi connectivity index (χ1n) is 9.72. The summed E-state index contributed by atoms with van der Waals surface area (Å²) in [5.74, 6) is 0.342. The van der Waals surface area contributed by atoms with Gasteiger partial charge in [-0.2, -0.15) is 5.26 Å². The van der Waals surface area contributed by atoms with Crippen molar-refractivity contribution in [2.75, 3.05) is 19.7 Å². The maximum atomic E-state index is 12.1. The van der Waals surface area contributed by atoms with Gasteiger partial charge in [0.15, 0.2) is 6.61 Å². The summed E-state index contributed by atoms with van der Waals surface area (Å²) in [5.41, 5.74) is -0.734. The summed E-state index contributed by atoms with van der Waals surface area (Å²) in [5, 5.41) is 23.1. The minimum atomic E-state index is -0.570. The molecule has 1 aliphatic heterocycles. The van der Waals surface area contributed by atoms with E-state index in [-0.39, 0.29) is 24.6 Å². The summed E-state index contributed by atoms with van der Waals surface area (Å²) in [6.07, 6.45) is 7.20. The highest BCUT2D eigenvalue weighted by atomic mass is 16.5. The van der Waals surface area contributed by atoms with Crippen LogP contribution >= 0.6 is 0 Å². The second-order valence-corrected chi connectivity index (χ2v) is 8.85. The molecule has 5 rings (SSSR count). The maximum Gasteiger partial charge on any atom is 0.320 e. The van der Waals surface area contributed by atoms with Gasteiger partial charge in [-0.05, 0) is 63.2 Å². The van der Waals surface area contributed by atoms with Gasteiger partial charge in [0.05, 0.1) is 18.2 Å². The van der Waals surface area contributed by atoms with Crippen molar-refractivity contribution in [2.45, 2.75) is 68.5 Å². The molecule has 5 aliphatic rings. The van der Waals surface area contributed by atoms with Crippen LogP contribution in [0.4, 0.5) is 0 Å². The van der Waals surface area contributed by atoms with Crippen molar-refractivity contribution >= 4 is 11.9 Å². The van der Waals surface area contributed by atoms with Crippen molar-refractivity contribution in [1.29, 1.82) is 5.26 Å². The Kier molecular flexibility index (Phi) is 4.44. The molecule has 2 N–H and O–H groups in total. The minimum absolute atomic E-state index is 0.0600. The van der Waals surface area contributed by atoms with Gasteiger partial charge in [0, 0.05) is 12.1 Å². The van der Waals surface area contributed by atoms with Gasteiger partial charge in [0.1, 0.15) is 6.04 Å². The Hall–Kier alpha value is -1.65. The number of esters is 1. The number of nitriles is 1. The van der Waals surface area contributed by atoms with Gasteiger partial charge in [0.25, 0.3) is 5.91 Å². The molecule has 4 saturated carbocycles. The molecule has 1 saturated heterocycles. The van der Waals surface area contributed by atoms with E-state index in [1.165, 1.54) is 11.3 Å². The first kappa shape index (κ1) is 17.7. The normalized spacial score (nSPS) is 40.5. The molecule has 4 bridgehead atoms. The predicted molar refractivity (Wildman–Crippen MR) is 91.7 cm³/mol. The summed E-state index contributed by atoms with van der Waals surface area (Å²) >= 11 is 0. The van der Waals surface area contributed by atoms with Gasteiger partial charge < -0.3 is 20.1 Å². The largest absolute Gasteiger partial charge is 0.455 e. The number of aliphatic hydroxyl groups is 1. The third-order valence-corrected chi connectivity index (χ3v) is 6.72. The topological polar surface area (TPSA) is 103 Å². The molecule has 7 nitrogen and oxygen atoms in total. The van der Waals surface area contributed by atoms with E-state index in [2.05, 4.69) is 11.4 Å². The van der Waals surface area contributed by atoms with Gasteiger partial charge in [-0.1, -0.05) is 0 Å². The minimum Gasteiger partial charge on any atom is -0.455 e. The molecule has 5 fully saturated rings. The van der Waals surface area contributed by atoms with E-state index in [0.717, 1.165) is 32.1 Å². The van der Waals surface area contributed by atoms with Gasteiger partial charge >= 0.3 is 5.97 Å².